The summed E-state index contributed by atoms with van der Waals surface area (Å²) in [6.07, 6.45) is 1.89. The fourth-order valence-electron chi connectivity index (χ4n) is 2.23. The second-order valence-electron chi connectivity index (χ2n) is 4.78. The second-order valence-corrected chi connectivity index (χ2v) is 4.78. The number of aromatic nitrogens is 2. The van der Waals surface area contributed by atoms with Gasteiger partial charge in [0, 0.05) is 37.6 Å². The smallest absolute Gasteiger partial charge is 0.0700 e. The van der Waals surface area contributed by atoms with Gasteiger partial charge in [-0.15, -0.1) is 0 Å². The highest BCUT2D eigenvalue weighted by atomic mass is 16.5. The van der Waals surface area contributed by atoms with E-state index in [4.69, 9.17) is 15.2 Å². The van der Waals surface area contributed by atoms with Crippen LogP contribution in [0.1, 0.15) is 42.8 Å². The van der Waals surface area contributed by atoms with Crippen molar-refractivity contribution >= 4 is 0 Å². The van der Waals surface area contributed by atoms with Crippen LogP contribution < -0.4 is 5.73 Å². The van der Waals surface area contributed by atoms with E-state index < -0.39 is 0 Å². The second kappa shape index (κ2) is 8.30. The molecule has 0 saturated heterocycles. The number of nitrogens with zero attached hydrogens (tertiary/aromatic N) is 2. The van der Waals surface area contributed by atoms with Crippen LogP contribution in [-0.4, -0.2) is 36.7 Å². The van der Waals surface area contributed by atoms with Gasteiger partial charge in [-0.3, -0.25) is 4.68 Å². The van der Waals surface area contributed by atoms with E-state index in [1.165, 1.54) is 11.3 Å². The molecule has 19 heavy (non-hydrogen) atoms. The van der Waals surface area contributed by atoms with Crippen LogP contribution in [0, 0.1) is 13.8 Å². The maximum Gasteiger partial charge on any atom is 0.0700 e. The Hall–Kier alpha value is -0.910. The maximum atomic E-state index is 6.13. The predicted octanol–water partition coefficient (Wildman–Crippen LogP) is 1.96. The molecule has 0 bridgehead atoms. The highest BCUT2D eigenvalue weighted by Gasteiger charge is 2.16. The fourth-order valence-corrected chi connectivity index (χ4v) is 2.23. The molecule has 1 atom stereocenters. The van der Waals surface area contributed by atoms with Crippen molar-refractivity contribution in [2.75, 3.05) is 26.9 Å². The molecular formula is C14H27N3O2. The molecule has 5 nitrogen and oxygen atoms in total. The van der Waals surface area contributed by atoms with E-state index in [-0.39, 0.29) is 6.04 Å². The minimum atomic E-state index is 0.0895. The van der Waals surface area contributed by atoms with E-state index >= 15 is 0 Å². The van der Waals surface area contributed by atoms with Gasteiger partial charge >= 0.3 is 0 Å². The van der Waals surface area contributed by atoms with Crippen LogP contribution in [0.25, 0.3) is 0 Å². The lowest BCUT2D eigenvalue weighted by Gasteiger charge is -2.10. The zero-order valence-electron chi connectivity index (χ0n) is 12.6. The summed E-state index contributed by atoms with van der Waals surface area (Å²) < 4.78 is 12.4. The lowest BCUT2D eigenvalue weighted by molar-refractivity contribution is 0.0676. The molecule has 0 amide bonds. The quantitative estimate of drug-likeness (QED) is 0.696. The third-order valence-corrected chi connectivity index (χ3v) is 3.34. The minimum absolute atomic E-state index is 0.0895. The van der Waals surface area contributed by atoms with Crippen molar-refractivity contribution in [3.8, 4) is 0 Å². The summed E-state index contributed by atoms with van der Waals surface area (Å²) in [5.74, 6) is 0. The first-order valence-corrected chi connectivity index (χ1v) is 6.98. The van der Waals surface area contributed by atoms with Gasteiger partial charge < -0.3 is 15.2 Å². The monoisotopic (exact) mass is 269 g/mol. The maximum absolute atomic E-state index is 6.13. The van der Waals surface area contributed by atoms with E-state index in [9.17, 15) is 0 Å². The Kier molecular flexibility index (Phi) is 7.05. The van der Waals surface area contributed by atoms with Gasteiger partial charge in [-0.25, -0.2) is 0 Å². The van der Waals surface area contributed by atoms with Crippen molar-refractivity contribution in [3.05, 3.63) is 17.0 Å². The third-order valence-electron chi connectivity index (χ3n) is 3.34. The highest BCUT2D eigenvalue weighted by Crippen LogP contribution is 2.22. The molecule has 1 heterocycles. The van der Waals surface area contributed by atoms with E-state index in [0.29, 0.717) is 13.2 Å². The average Bonchev–Trinajstić information content (AvgIpc) is 2.68. The molecule has 1 aromatic rings. The first kappa shape index (κ1) is 16.1. The lowest BCUT2D eigenvalue weighted by atomic mass is 10.0. The Morgan fingerprint density at radius 3 is 2.63 bits per heavy atom. The van der Waals surface area contributed by atoms with Crippen molar-refractivity contribution in [2.45, 2.75) is 46.2 Å². The molecule has 0 spiro atoms. The molecular weight excluding hydrogens is 242 g/mol. The number of nitrogens with two attached hydrogens (primary N) is 1. The normalized spacial score (nSPS) is 12.9. The zero-order chi connectivity index (χ0) is 14.3. The van der Waals surface area contributed by atoms with Crippen LogP contribution in [0.2, 0.25) is 0 Å². The minimum Gasteiger partial charge on any atom is -0.382 e. The number of hydrogen-bond acceptors (Lipinski definition) is 4. The summed E-state index contributed by atoms with van der Waals surface area (Å²) in [5, 5.41) is 4.57. The van der Waals surface area contributed by atoms with Crippen molar-refractivity contribution in [1.82, 2.24) is 9.78 Å². The molecule has 1 unspecified atom stereocenters. The topological polar surface area (TPSA) is 62.3 Å². The van der Waals surface area contributed by atoms with E-state index in [1.54, 1.807) is 7.11 Å². The molecule has 110 valence electrons. The number of methoxy groups -OCH3 is 1. The Morgan fingerprint density at radius 1 is 1.26 bits per heavy atom. The van der Waals surface area contributed by atoms with Crippen molar-refractivity contribution in [1.29, 1.82) is 0 Å². The van der Waals surface area contributed by atoms with Crippen molar-refractivity contribution < 1.29 is 9.47 Å². The van der Waals surface area contributed by atoms with Crippen molar-refractivity contribution in [2.24, 2.45) is 5.73 Å². The summed E-state index contributed by atoms with van der Waals surface area (Å²) in [6, 6.07) is 0.0895. The van der Waals surface area contributed by atoms with E-state index in [0.717, 1.165) is 31.7 Å². The summed E-state index contributed by atoms with van der Waals surface area (Å²) in [4.78, 5) is 0. The molecule has 0 aliphatic carbocycles. The number of aryl methyl sites for hydroxylation is 2. The lowest BCUT2D eigenvalue weighted by Crippen LogP contribution is -2.12. The highest BCUT2D eigenvalue weighted by molar-refractivity contribution is 5.27. The van der Waals surface area contributed by atoms with Crippen LogP contribution in [0.3, 0.4) is 0 Å². The van der Waals surface area contributed by atoms with Gasteiger partial charge in [0.1, 0.15) is 0 Å². The fraction of sp³-hybridized carbons (Fsp3) is 0.786. The summed E-state index contributed by atoms with van der Waals surface area (Å²) in [5.41, 5.74) is 9.56. The standard InChI is InChI=1S/C14H27N3O2/c1-5-13(15)14-11(2)16-17(12(14)3)7-6-8-19-10-9-18-4/h13H,5-10,15H2,1-4H3. The molecule has 0 saturated carbocycles. The van der Waals surface area contributed by atoms with Crippen LogP contribution >= 0.6 is 0 Å². The molecule has 1 rings (SSSR count). The molecule has 5 heteroatoms. The largest absolute Gasteiger partial charge is 0.382 e. The Balaban J connectivity index is 2.46. The Morgan fingerprint density at radius 2 is 2.00 bits per heavy atom. The van der Waals surface area contributed by atoms with E-state index in [2.05, 4.69) is 18.9 Å². The average molecular weight is 269 g/mol. The van der Waals surface area contributed by atoms with Gasteiger partial charge in [0.15, 0.2) is 0 Å². The van der Waals surface area contributed by atoms with Gasteiger partial charge in [0.25, 0.3) is 0 Å². The first-order chi connectivity index (χ1) is 9.11. The van der Waals surface area contributed by atoms with Gasteiger partial charge in [-0.2, -0.15) is 5.10 Å². The molecule has 2 N–H and O–H groups in total. The van der Waals surface area contributed by atoms with Crippen LogP contribution in [-0.2, 0) is 16.0 Å². The number of rotatable bonds is 9. The number of ether oxygens (including phenoxy) is 2. The van der Waals surface area contributed by atoms with Crippen molar-refractivity contribution in [3.63, 3.8) is 0 Å². The Labute approximate surface area is 116 Å². The molecule has 1 aromatic heterocycles. The molecule has 0 radical (unpaired) electrons. The summed E-state index contributed by atoms with van der Waals surface area (Å²) in [6.45, 7) is 9.13. The van der Waals surface area contributed by atoms with Crippen LogP contribution in [0.4, 0.5) is 0 Å². The van der Waals surface area contributed by atoms with Gasteiger partial charge in [0.2, 0.25) is 0 Å². The molecule has 0 aliphatic heterocycles. The summed E-state index contributed by atoms with van der Waals surface area (Å²) in [7, 11) is 1.68. The van der Waals surface area contributed by atoms with Crippen LogP contribution in [0.5, 0.6) is 0 Å². The third kappa shape index (κ3) is 4.60. The molecule has 0 fully saturated rings. The van der Waals surface area contributed by atoms with Crippen LogP contribution in [0.15, 0.2) is 0 Å². The number of hydrogen-bond donors (Lipinski definition) is 1. The zero-order valence-corrected chi connectivity index (χ0v) is 12.6. The predicted molar refractivity (Wildman–Crippen MR) is 76.2 cm³/mol. The van der Waals surface area contributed by atoms with Gasteiger partial charge in [-0.05, 0) is 26.7 Å². The van der Waals surface area contributed by atoms with Gasteiger partial charge in [0.05, 0.1) is 18.9 Å². The SMILES string of the molecule is CCC(N)c1c(C)nn(CCCOCCOC)c1C. The molecule has 0 aliphatic rings. The Bertz CT molecular complexity index is 377. The summed E-state index contributed by atoms with van der Waals surface area (Å²) >= 11 is 0. The molecule has 0 aromatic carbocycles. The van der Waals surface area contributed by atoms with Gasteiger partial charge in [-0.1, -0.05) is 6.92 Å². The van der Waals surface area contributed by atoms with E-state index in [1.807, 2.05) is 11.6 Å². The first-order valence-electron chi connectivity index (χ1n) is 6.98.